The Morgan fingerprint density at radius 1 is 1.17 bits per heavy atom. The van der Waals surface area contributed by atoms with Gasteiger partial charge in [0, 0.05) is 37.8 Å². The second-order valence-corrected chi connectivity index (χ2v) is 5.43. The molecule has 0 saturated carbocycles. The topological polar surface area (TPSA) is 52.9 Å². The minimum Gasteiger partial charge on any atom is -0.396 e. The fraction of sp³-hybridized carbons (Fsp3) is 1.00. The van der Waals surface area contributed by atoms with Crippen molar-refractivity contribution in [3.8, 4) is 0 Å². The standard InChI is InChI=1S/C14H29NO3/c1-3-13(4-2)15(7-8-16)11-14(12-17)5-9-18-10-6-14/h13,16-17H,3-12H2,1-2H3. The van der Waals surface area contributed by atoms with Crippen molar-refractivity contribution in [1.29, 1.82) is 0 Å². The molecule has 0 aliphatic carbocycles. The number of rotatable bonds is 8. The quantitative estimate of drug-likeness (QED) is 0.689. The van der Waals surface area contributed by atoms with E-state index >= 15 is 0 Å². The van der Waals surface area contributed by atoms with E-state index in [1.165, 1.54) is 0 Å². The van der Waals surface area contributed by atoms with Crippen LogP contribution in [0.1, 0.15) is 39.5 Å². The van der Waals surface area contributed by atoms with E-state index in [2.05, 4.69) is 18.7 Å². The monoisotopic (exact) mass is 259 g/mol. The summed E-state index contributed by atoms with van der Waals surface area (Å²) in [6, 6.07) is 0.503. The van der Waals surface area contributed by atoms with Crippen LogP contribution < -0.4 is 0 Å². The summed E-state index contributed by atoms with van der Waals surface area (Å²) < 4.78 is 5.40. The van der Waals surface area contributed by atoms with Crippen LogP contribution in [-0.4, -0.2) is 60.7 Å². The molecule has 1 saturated heterocycles. The van der Waals surface area contributed by atoms with Gasteiger partial charge in [0.05, 0.1) is 13.2 Å². The third-order valence-electron chi connectivity index (χ3n) is 4.27. The van der Waals surface area contributed by atoms with Gasteiger partial charge >= 0.3 is 0 Å². The summed E-state index contributed by atoms with van der Waals surface area (Å²) in [5.74, 6) is 0. The van der Waals surface area contributed by atoms with Crippen molar-refractivity contribution in [2.75, 3.05) is 39.5 Å². The Morgan fingerprint density at radius 3 is 2.22 bits per heavy atom. The summed E-state index contributed by atoms with van der Waals surface area (Å²) in [6.45, 7) is 7.86. The molecular weight excluding hydrogens is 230 g/mol. The van der Waals surface area contributed by atoms with Crippen LogP contribution in [0, 0.1) is 5.41 Å². The molecular formula is C14H29NO3. The molecule has 1 rings (SSSR count). The van der Waals surface area contributed by atoms with Crippen molar-refractivity contribution in [3.63, 3.8) is 0 Å². The van der Waals surface area contributed by atoms with Crippen molar-refractivity contribution >= 4 is 0 Å². The summed E-state index contributed by atoms with van der Waals surface area (Å²) in [6.07, 6.45) is 4.03. The Bertz CT molecular complexity index is 213. The first-order valence-corrected chi connectivity index (χ1v) is 7.25. The molecule has 0 amide bonds. The average Bonchev–Trinajstić information content (AvgIpc) is 2.41. The predicted molar refractivity (Wildman–Crippen MR) is 72.6 cm³/mol. The lowest BCUT2D eigenvalue weighted by Gasteiger charge is -2.42. The third-order valence-corrected chi connectivity index (χ3v) is 4.27. The molecule has 18 heavy (non-hydrogen) atoms. The molecule has 0 radical (unpaired) electrons. The van der Waals surface area contributed by atoms with Crippen molar-refractivity contribution in [2.45, 2.75) is 45.6 Å². The van der Waals surface area contributed by atoms with Crippen LogP contribution in [-0.2, 0) is 4.74 Å². The van der Waals surface area contributed by atoms with Crippen LogP contribution in [0.2, 0.25) is 0 Å². The van der Waals surface area contributed by atoms with E-state index in [1.807, 2.05) is 0 Å². The second-order valence-electron chi connectivity index (χ2n) is 5.43. The first-order chi connectivity index (χ1) is 8.71. The Hall–Kier alpha value is -0.160. The Labute approximate surface area is 111 Å². The normalized spacial score (nSPS) is 19.7. The number of aliphatic hydroxyl groups is 2. The van der Waals surface area contributed by atoms with Gasteiger partial charge in [-0.1, -0.05) is 13.8 Å². The predicted octanol–water partition coefficient (Wildman–Crippen LogP) is 1.26. The molecule has 0 aromatic carbocycles. The zero-order valence-corrected chi connectivity index (χ0v) is 11.9. The van der Waals surface area contributed by atoms with Crippen LogP contribution in [0.3, 0.4) is 0 Å². The number of aliphatic hydroxyl groups excluding tert-OH is 2. The van der Waals surface area contributed by atoms with Gasteiger partial charge in [-0.3, -0.25) is 4.90 Å². The molecule has 1 heterocycles. The van der Waals surface area contributed by atoms with Crippen LogP contribution in [0.4, 0.5) is 0 Å². The van der Waals surface area contributed by atoms with Gasteiger partial charge in [-0.2, -0.15) is 0 Å². The minimum absolute atomic E-state index is 0.0317. The molecule has 0 spiro atoms. The van der Waals surface area contributed by atoms with E-state index in [-0.39, 0.29) is 18.6 Å². The third kappa shape index (κ3) is 4.19. The average molecular weight is 259 g/mol. The van der Waals surface area contributed by atoms with Gasteiger partial charge in [-0.05, 0) is 25.7 Å². The first-order valence-electron chi connectivity index (χ1n) is 7.25. The highest BCUT2D eigenvalue weighted by molar-refractivity contribution is 4.86. The highest BCUT2D eigenvalue weighted by Crippen LogP contribution is 2.32. The molecule has 4 nitrogen and oxygen atoms in total. The molecule has 0 atom stereocenters. The Balaban J connectivity index is 2.66. The van der Waals surface area contributed by atoms with Gasteiger partial charge in [0.25, 0.3) is 0 Å². The lowest BCUT2D eigenvalue weighted by Crippen LogP contribution is -2.48. The maximum atomic E-state index is 9.74. The first kappa shape index (κ1) is 15.9. The molecule has 0 aromatic rings. The SMILES string of the molecule is CCC(CC)N(CCO)CC1(CO)CCOCC1. The molecule has 0 unspecified atom stereocenters. The molecule has 1 fully saturated rings. The molecule has 4 heteroatoms. The van der Waals surface area contributed by atoms with Crippen molar-refractivity contribution < 1.29 is 14.9 Å². The summed E-state index contributed by atoms with van der Waals surface area (Å²) in [4.78, 5) is 2.35. The molecule has 2 N–H and O–H groups in total. The number of nitrogens with zero attached hydrogens (tertiary/aromatic N) is 1. The highest BCUT2D eigenvalue weighted by Gasteiger charge is 2.35. The maximum absolute atomic E-state index is 9.74. The zero-order valence-electron chi connectivity index (χ0n) is 11.9. The zero-order chi connectivity index (χ0) is 13.4. The number of ether oxygens (including phenoxy) is 1. The lowest BCUT2D eigenvalue weighted by molar-refractivity contribution is -0.0434. The van der Waals surface area contributed by atoms with Gasteiger partial charge in [0.1, 0.15) is 0 Å². The molecule has 1 aliphatic heterocycles. The van der Waals surface area contributed by atoms with Crippen LogP contribution in [0.5, 0.6) is 0 Å². The van der Waals surface area contributed by atoms with Gasteiger partial charge in [-0.25, -0.2) is 0 Å². The number of hydrogen-bond donors (Lipinski definition) is 2. The van der Waals surface area contributed by atoms with Gasteiger partial charge in [0.15, 0.2) is 0 Å². The summed E-state index contributed by atoms with van der Waals surface area (Å²) in [7, 11) is 0. The minimum atomic E-state index is -0.0317. The highest BCUT2D eigenvalue weighted by atomic mass is 16.5. The maximum Gasteiger partial charge on any atom is 0.0558 e. The molecule has 0 bridgehead atoms. The van der Waals surface area contributed by atoms with E-state index in [1.54, 1.807) is 0 Å². The fourth-order valence-corrected chi connectivity index (χ4v) is 2.93. The second kappa shape index (κ2) is 8.10. The largest absolute Gasteiger partial charge is 0.396 e. The van der Waals surface area contributed by atoms with Crippen molar-refractivity contribution in [2.24, 2.45) is 5.41 Å². The van der Waals surface area contributed by atoms with E-state index in [9.17, 15) is 10.2 Å². The molecule has 1 aliphatic rings. The van der Waals surface area contributed by atoms with Crippen LogP contribution in [0.15, 0.2) is 0 Å². The van der Waals surface area contributed by atoms with E-state index in [4.69, 9.17) is 4.74 Å². The smallest absolute Gasteiger partial charge is 0.0558 e. The Kier molecular flexibility index (Phi) is 7.15. The van der Waals surface area contributed by atoms with Gasteiger partial charge < -0.3 is 14.9 Å². The number of hydrogen-bond acceptors (Lipinski definition) is 4. The fourth-order valence-electron chi connectivity index (χ4n) is 2.93. The van der Waals surface area contributed by atoms with Gasteiger partial charge in [-0.15, -0.1) is 0 Å². The molecule has 0 aromatic heterocycles. The van der Waals surface area contributed by atoms with Crippen molar-refractivity contribution in [1.82, 2.24) is 4.90 Å². The van der Waals surface area contributed by atoms with Crippen LogP contribution in [0.25, 0.3) is 0 Å². The van der Waals surface area contributed by atoms with Crippen molar-refractivity contribution in [3.05, 3.63) is 0 Å². The van der Waals surface area contributed by atoms with Crippen LogP contribution >= 0.6 is 0 Å². The summed E-state index contributed by atoms with van der Waals surface area (Å²) >= 11 is 0. The van der Waals surface area contributed by atoms with E-state index in [0.29, 0.717) is 12.6 Å². The summed E-state index contributed by atoms with van der Waals surface area (Å²) in [5, 5.41) is 19.0. The lowest BCUT2D eigenvalue weighted by atomic mass is 9.80. The van der Waals surface area contributed by atoms with E-state index < -0.39 is 0 Å². The summed E-state index contributed by atoms with van der Waals surface area (Å²) in [5.41, 5.74) is -0.0317. The van der Waals surface area contributed by atoms with Gasteiger partial charge in [0.2, 0.25) is 0 Å². The molecule has 108 valence electrons. The Morgan fingerprint density at radius 2 is 1.78 bits per heavy atom. The van der Waals surface area contributed by atoms with E-state index in [0.717, 1.165) is 45.4 Å².